The van der Waals surface area contributed by atoms with Crippen molar-refractivity contribution in [3.05, 3.63) is 0 Å². The molecule has 0 rings (SSSR count). The fourth-order valence-corrected chi connectivity index (χ4v) is 2.20. The highest BCUT2D eigenvalue weighted by atomic mass is 16.5. The van der Waals surface area contributed by atoms with Crippen LogP contribution in [0.1, 0.15) is 47.0 Å². The largest absolute Gasteiger partial charge is 0.385 e. The van der Waals surface area contributed by atoms with E-state index < -0.39 is 0 Å². The SMILES string of the molecule is CCCC(C)C(CCOC)C(C)C. The zero-order chi connectivity index (χ0) is 10.3. The van der Waals surface area contributed by atoms with Crippen molar-refractivity contribution < 1.29 is 4.74 Å². The molecule has 0 spiro atoms. The van der Waals surface area contributed by atoms with E-state index >= 15 is 0 Å². The molecule has 0 aromatic rings. The fourth-order valence-electron chi connectivity index (χ4n) is 2.20. The highest BCUT2D eigenvalue weighted by Crippen LogP contribution is 2.27. The smallest absolute Gasteiger partial charge is 0.0465 e. The molecule has 13 heavy (non-hydrogen) atoms. The Bertz CT molecular complexity index is 110. The summed E-state index contributed by atoms with van der Waals surface area (Å²) in [7, 11) is 1.79. The quantitative estimate of drug-likeness (QED) is 0.588. The molecule has 0 aliphatic rings. The minimum Gasteiger partial charge on any atom is -0.385 e. The normalized spacial score (nSPS) is 16.2. The molecule has 0 saturated carbocycles. The fraction of sp³-hybridized carbons (Fsp3) is 1.00. The van der Waals surface area contributed by atoms with Gasteiger partial charge in [0.25, 0.3) is 0 Å². The Kier molecular flexibility index (Phi) is 7.35. The van der Waals surface area contributed by atoms with E-state index in [0.29, 0.717) is 0 Å². The van der Waals surface area contributed by atoms with Crippen LogP contribution in [0.15, 0.2) is 0 Å². The number of hydrogen-bond acceptors (Lipinski definition) is 1. The van der Waals surface area contributed by atoms with Gasteiger partial charge in [0.1, 0.15) is 0 Å². The summed E-state index contributed by atoms with van der Waals surface area (Å²) in [6, 6.07) is 0. The third-order valence-corrected chi connectivity index (χ3v) is 2.99. The lowest BCUT2D eigenvalue weighted by molar-refractivity contribution is 0.140. The van der Waals surface area contributed by atoms with Crippen molar-refractivity contribution in [2.45, 2.75) is 47.0 Å². The number of rotatable bonds is 7. The van der Waals surface area contributed by atoms with E-state index in [-0.39, 0.29) is 0 Å². The molecule has 1 nitrogen and oxygen atoms in total. The van der Waals surface area contributed by atoms with Gasteiger partial charge in [-0.2, -0.15) is 0 Å². The Labute approximate surface area is 83.9 Å². The third kappa shape index (κ3) is 5.30. The molecule has 0 aliphatic carbocycles. The molecule has 1 heteroatoms. The van der Waals surface area contributed by atoms with E-state index in [0.717, 1.165) is 24.4 Å². The van der Waals surface area contributed by atoms with Gasteiger partial charge in [-0.1, -0.05) is 40.5 Å². The van der Waals surface area contributed by atoms with Gasteiger partial charge >= 0.3 is 0 Å². The van der Waals surface area contributed by atoms with E-state index in [2.05, 4.69) is 27.7 Å². The molecule has 2 atom stereocenters. The first kappa shape index (κ1) is 13.0. The van der Waals surface area contributed by atoms with Gasteiger partial charge in [0.2, 0.25) is 0 Å². The van der Waals surface area contributed by atoms with E-state index in [4.69, 9.17) is 4.74 Å². The van der Waals surface area contributed by atoms with Crippen LogP contribution in [-0.2, 0) is 4.74 Å². The molecule has 0 bridgehead atoms. The Morgan fingerprint density at radius 2 is 1.69 bits per heavy atom. The molecule has 0 aliphatic heterocycles. The first-order valence-corrected chi connectivity index (χ1v) is 5.62. The second kappa shape index (κ2) is 7.37. The number of ether oxygens (including phenoxy) is 1. The third-order valence-electron chi connectivity index (χ3n) is 2.99. The van der Waals surface area contributed by atoms with Crippen molar-refractivity contribution >= 4 is 0 Å². The van der Waals surface area contributed by atoms with Crippen molar-refractivity contribution in [3.63, 3.8) is 0 Å². The average molecular weight is 186 g/mol. The van der Waals surface area contributed by atoms with E-state index in [9.17, 15) is 0 Å². The Morgan fingerprint density at radius 1 is 1.08 bits per heavy atom. The first-order chi connectivity index (χ1) is 6.13. The average Bonchev–Trinajstić information content (AvgIpc) is 2.05. The molecule has 0 aromatic carbocycles. The Morgan fingerprint density at radius 3 is 2.08 bits per heavy atom. The van der Waals surface area contributed by atoms with Crippen LogP contribution in [0.3, 0.4) is 0 Å². The van der Waals surface area contributed by atoms with Crippen LogP contribution in [0.25, 0.3) is 0 Å². The molecule has 0 N–H and O–H groups in total. The summed E-state index contributed by atoms with van der Waals surface area (Å²) < 4.78 is 5.15. The van der Waals surface area contributed by atoms with Gasteiger partial charge < -0.3 is 4.74 Å². The lowest BCUT2D eigenvalue weighted by atomic mass is 9.80. The molecule has 0 radical (unpaired) electrons. The van der Waals surface area contributed by atoms with E-state index in [1.165, 1.54) is 19.3 Å². The maximum atomic E-state index is 5.15. The van der Waals surface area contributed by atoms with E-state index in [1.807, 2.05) is 0 Å². The standard InChI is InChI=1S/C12H26O/c1-6-7-11(4)12(10(2)3)8-9-13-5/h10-12H,6-9H2,1-5H3. The van der Waals surface area contributed by atoms with E-state index in [1.54, 1.807) is 7.11 Å². The van der Waals surface area contributed by atoms with Crippen LogP contribution >= 0.6 is 0 Å². The van der Waals surface area contributed by atoms with Crippen molar-refractivity contribution in [2.75, 3.05) is 13.7 Å². The number of methoxy groups -OCH3 is 1. The molecule has 0 aromatic heterocycles. The maximum absolute atomic E-state index is 5.15. The van der Waals surface area contributed by atoms with Gasteiger partial charge in [-0.05, 0) is 24.2 Å². The Hall–Kier alpha value is -0.0400. The van der Waals surface area contributed by atoms with Crippen LogP contribution in [0.2, 0.25) is 0 Å². The minimum atomic E-state index is 0.789. The highest BCUT2D eigenvalue weighted by Gasteiger charge is 2.19. The summed E-state index contributed by atoms with van der Waals surface area (Å²) in [6.07, 6.45) is 3.87. The molecular weight excluding hydrogens is 160 g/mol. The first-order valence-electron chi connectivity index (χ1n) is 5.62. The predicted molar refractivity (Wildman–Crippen MR) is 58.9 cm³/mol. The lowest BCUT2D eigenvalue weighted by Crippen LogP contribution is -2.19. The van der Waals surface area contributed by atoms with Gasteiger partial charge in [0.05, 0.1) is 0 Å². The van der Waals surface area contributed by atoms with Gasteiger partial charge in [0, 0.05) is 13.7 Å². The molecule has 0 saturated heterocycles. The maximum Gasteiger partial charge on any atom is 0.0465 e. The summed E-state index contributed by atoms with van der Waals surface area (Å²) in [5.41, 5.74) is 0. The summed E-state index contributed by atoms with van der Waals surface area (Å²) in [4.78, 5) is 0. The Balaban J connectivity index is 3.91. The molecule has 0 heterocycles. The van der Waals surface area contributed by atoms with Crippen LogP contribution in [0.4, 0.5) is 0 Å². The molecule has 80 valence electrons. The van der Waals surface area contributed by atoms with Crippen LogP contribution in [0, 0.1) is 17.8 Å². The summed E-state index contributed by atoms with van der Waals surface area (Å²) in [5.74, 6) is 2.47. The summed E-state index contributed by atoms with van der Waals surface area (Å²) in [5, 5.41) is 0. The topological polar surface area (TPSA) is 9.23 Å². The predicted octanol–water partition coefficient (Wildman–Crippen LogP) is 3.73. The van der Waals surface area contributed by atoms with Crippen molar-refractivity contribution in [1.29, 1.82) is 0 Å². The monoisotopic (exact) mass is 186 g/mol. The second-order valence-electron chi connectivity index (χ2n) is 4.46. The summed E-state index contributed by atoms with van der Waals surface area (Å²) >= 11 is 0. The summed E-state index contributed by atoms with van der Waals surface area (Å²) in [6.45, 7) is 10.2. The number of hydrogen-bond donors (Lipinski definition) is 0. The van der Waals surface area contributed by atoms with Crippen LogP contribution in [0.5, 0.6) is 0 Å². The minimum absolute atomic E-state index is 0.789. The zero-order valence-corrected chi connectivity index (χ0v) is 9.97. The van der Waals surface area contributed by atoms with Gasteiger partial charge in [-0.3, -0.25) is 0 Å². The second-order valence-corrected chi connectivity index (χ2v) is 4.46. The van der Waals surface area contributed by atoms with Crippen molar-refractivity contribution in [2.24, 2.45) is 17.8 Å². The van der Waals surface area contributed by atoms with Crippen molar-refractivity contribution in [3.8, 4) is 0 Å². The molecule has 0 fully saturated rings. The zero-order valence-electron chi connectivity index (χ0n) is 9.97. The van der Waals surface area contributed by atoms with Crippen LogP contribution in [-0.4, -0.2) is 13.7 Å². The van der Waals surface area contributed by atoms with Gasteiger partial charge in [0.15, 0.2) is 0 Å². The lowest BCUT2D eigenvalue weighted by Gasteiger charge is -2.27. The van der Waals surface area contributed by atoms with Crippen LogP contribution < -0.4 is 0 Å². The molecule has 2 unspecified atom stereocenters. The van der Waals surface area contributed by atoms with Crippen molar-refractivity contribution in [1.82, 2.24) is 0 Å². The molecule has 0 amide bonds. The van der Waals surface area contributed by atoms with Gasteiger partial charge in [-0.15, -0.1) is 0 Å². The van der Waals surface area contributed by atoms with Gasteiger partial charge in [-0.25, -0.2) is 0 Å². The molecular formula is C12H26O. The highest BCUT2D eigenvalue weighted by molar-refractivity contribution is 4.69.